The highest BCUT2D eigenvalue weighted by atomic mass is 16.6. The Balaban J connectivity index is 2.85. The van der Waals surface area contributed by atoms with E-state index in [9.17, 15) is 9.59 Å². The average molecular weight is 282 g/mol. The van der Waals surface area contributed by atoms with Crippen LogP contribution in [0.5, 0.6) is 0 Å². The Hall–Kier alpha value is -2.64. The zero-order chi connectivity index (χ0) is 15.1. The summed E-state index contributed by atoms with van der Waals surface area (Å²) in [5.74, 6) is 0. The van der Waals surface area contributed by atoms with Crippen LogP contribution in [-0.4, -0.2) is 25.4 Å². The van der Waals surface area contributed by atoms with Gasteiger partial charge >= 0.3 is 12.2 Å². The van der Waals surface area contributed by atoms with E-state index in [0.717, 1.165) is 0 Å². The molecule has 6 N–H and O–H groups in total. The van der Waals surface area contributed by atoms with Crippen LogP contribution in [0.4, 0.5) is 32.3 Å². The minimum absolute atomic E-state index is 0.235. The van der Waals surface area contributed by atoms with Gasteiger partial charge in [0.15, 0.2) is 0 Å². The highest BCUT2D eigenvalue weighted by Crippen LogP contribution is 2.29. The van der Waals surface area contributed by atoms with E-state index in [-0.39, 0.29) is 24.6 Å². The van der Waals surface area contributed by atoms with Crippen LogP contribution in [0.15, 0.2) is 12.1 Å². The maximum absolute atomic E-state index is 11.3. The minimum Gasteiger partial charge on any atom is -0.450 e. The van der Waals surface area contributed by atoms with Crippen molar-refractivity contribution in [2.75, 3.05) is 35.3 Å². The third kappa shape index (κ3) is 4.23. The van der Waals surface area contributed by atoms with Gasteiger partial charge in [-0.15, -0.1) is 0 Å². The van der Waals surface area contributed by atoms with Crippen LogP contribution in [0, 0.1) is 0 Å². The lowest BCUT2D eigenvalue weighted by atomic mass is 10.2. The maximum Gasteiger partial charge on any atom is 0.411 e. The molecule has 0 unspecified atom stereocenters. The van der Waals surface area contributed by atoms with E-state index < -0.39 is 12.2 Å². The molecule has 110 valence electrons. The van der Waals surface area contributed by atoms with Crippen molar-refractivity contribution in [2.24, 2.45) is 0 Å². The van der Waals surface area contributed by atoms with Crippen LogP contribution < -0.4 is 22.1 Å². The van der Waals surface area contributed by atoms with Crippen molar-refractivity contribution in [3.63, 3.8) is 0 Å². The van der Waals surface area contributed by atoms with E-state index in [2.05, 4.69) is 10.6 Å². The number of hydrogen-bond donors (Lipinski definition) is 4. The molecule has 0 saturated heterocycles. The third-order valence-electron chi connectivity index (χ3n) is 2.25. The van der Waals surface area contributed by atoms with E-state index in [1.807, 2.05) is 0 Å². The second-order valence-corrected chi connectivity index (χ2v) is 3.72. The molecule has 8 nitrogen and oxygen atoms in total. The molecule has 0 aliphatic carbocycles. The molecule has 8 heteroatoms. The summed E-state index contributed by atoms with van der Waals surface area (Å²) in [5, 5.41) is 4.90. The fourth-order valence-electron chi connectivity index (χ4n) is 1.40. The molecule has 1 rings (SSSR count). The normalized spacial score (nSPS) is 9.70. The highest BCUT2D eigenvalue weighted by molar-refractivity contribution is 5.96. The number of ether oxygens (including phenoxy) is 2. The van der Waals surface area contributed by atoms with Crippen molar-refractivity contribution in [3.05, 3.63) is 12.1 Å². The first kappa shape index (κ1) is 15.4. The molecular formula is C12H18N4O4. The molecule has 0 radical (unpaired) electrons. The summed E-state index contributed by atoms with van der Waals surface area (Å²) >= 11 is 0. The monoisotopic (exact) mass is 282 g/mol. The molecule has 0 aliphatic heterocycles. The van der Waals surface area contributed by atoms with Crippen molar-refractivity contribution in [2.45, 2.75) is 13.8 Å². The van der Waals surface area contributed by atoms with Crippen LogP contribution in [-0.2, 0) is 9.47 Å². The maximum atomic E-state index is 11.3. The molecule has 0 heterocycles. The second kappa shape index (κ2) is 7.07. The van der Waals surface area contributed by atoms with Crippen LogP contribution in [0.1, 0.15) is 13.8 Å². The predicted molar refractivity (Wildman–Crippen MR) is 76.6 cm³/mol. The van der Waals surface area contributed by atoms with E-state index >= 15 is 0 Å². The molecule has 0 fully saturated rings. The predicted octanol–water partition coefficient (Wildman–Crippen LogP) is 1.99. The van der Waals surface area contributed by atoms with E-state index in [4.69, 9.17) is 20.9 Å². The van der Waals surface area contributed by atoms with Crippen LogP contribution >= 0.6 is 0 Å². The number of amides is 2. The molecule has 0 aromatic heterocycles. The summed E-state index contributed by atoms with van der Waals surface area (Å²) in [6.07, 6.45) is -1.27. The van der Waals surface area contributed by atoms with Gasteiger partial charge in [0.1, 0.15) is 0 Å². The summed E-state index contributed by atoms with van der Waals surface area (Å²) in [5.41, 5.74) is 12.6. The van der Waals surface area contributed by atoms with Gasteiger partial charge < -0.3 is 20.9 Å². The fourth-order valence-corrected chi connectivity index (χ4v) is 1.40. The Labute approximate surface area is 116 Å². The minimum atomic E-state index is -0.635. The summed E-state index contributed by atoms with van der Waals surface area (Å²) in [6, 6.07) is 2.85. The van der Waals surface area contributed by atoms with Crippen LogP contribution in [0.2, 0.25) is 0 Å². The number of carbonyl (C=O) groups excluding carboxylic acids is 2. The SMILES string of the molecule is CCOC(=O)Nc1cc(N)c(NC(=O)OCC)cc1N. The van der Waals surface area contributed by atoms with E-state index in [1.165, 1.54) is 12.1 Å². The molecular weight excluding hydrogens is 264 g/mol. The lowest BCUT2D eigenvalue weighted by molar-refractivity contribution is 0.167. The lowest BCUT2D eigenvalue weighted by Crippen LogP contribution is -2.17. The Morgan fingerprint density at radius 3 is 1.60 bits per heavy atom. The number of nitrogens with two attached hydrogens (primary N) is 2. The highest BCUT2D eigenvalue weighted by Gasteiger charge is 2.11. The van der Waals surface area contributed by atoms with Crippen molar-refractivity contribution in [1.29, 1.82) is 0 Å². The zero-order valence-electron chi connectivity index (χ0n) is 11.4. The molecule has 1 aromatic carbocycles. The van der Waals surface area contributed by atoms with Crippen LogP contribution in [0.3, 0.4) is 0 Å². The van der Waals surface area contributed by atoms with Crippen molar-refractivity contribution in [3.8, 4) is 0 Å². The number of carbonyl (C=O) groups is 2. The Morgan fingerprint density at radius 1 is 0.950 bits per heavy atom. The van der Waals surface area contributed by atoms with Crippen molar-refractivity contribution in [1.82, 2.24) is 0 Å². The summed E-state index contributed by atoms with van der Waals surface area (Å²) in [6.45, 7) is 3.85. The number of anilines is 4. The fraction of sp³-hybridized carbons (Fsp3) is 0.333. The van der Waals surface area contributed by atoms with Gasteiger partial charge in [0, 0.05) is 0 Å². The van der Waals surface area contributed by atoms with Crippen LogP contribution in [0.25, 0.3) is 0 Å². The number of rotatable bonds is 4. The van der Waals surface area contributed by atoms with Gasteiger partial charge in [-0.25, -0.2) is 9.59 Å². The molecule has 1 aromatic rings. The second-order valence-electron chi connectivity index (χ2n) is 3.72. The zero-order valence-corrected chi connectivity index (χ0v) is 11.4. The standard InChI is InChI=1S/C12H18N4O4/c1-3-19-11(17)15-9-5-8(14)10(6-7(9)13)16-12(18)20-4-2/h5-6H,3-4,13-14H2,1-2H3,(H,15,17)(H,16,18). The Kier molecular flexibility index (Phi) is 5.45. The van der Waals surface area contributed by atoms with Gasteiger partial charge in [-0.05, 0) is 26.0 Å². The topological polar surface area (TPSA) is 129 Å². The quantitative estimate of drug-likeness (QED) is 0.625. The molecule has 0 bridgehead atoms. The molecule has 20 heavy (non-hydrogen) atoms. The first-order valence-electron chi connectivity index (χ1n) is 6.04. The van der Waals surface area contributed by atoms with Gasteiger partial charge in [0.25, 0.3) is 0 Å². The molecule has 0 saturated carbocycles. The van der Waals surface area contributed by atoms with Gasteiger partial charge in [0.05, 0.1) is 36.0 Å². The van der Waals surface area contributed by atoms with Gasteiger partial charge in [-0.3, -0.25) is 10.6 Å². The third-order valence-corrected chi connectivity index (χ3v) is 2.25. The smallest absolute Gasteiger partial charge is 0.411 e. The summed E-state index contributed by atoms with van der Waals surface area (Å²) in [7, 11) is 0. The summed E-state index contributed by atoms with van der Waals surface area (Å²) < 4.78 is 9.46. The number of nitrogen functional groups attached to an aromatic ring is 2. The molecule has 0 spiro atoms. The van der Waals surface area contributed by atoms with E-state index in [1.54, 1.807) is 13.8 Å². The number of hydrogen-bond acceptors (Lipinski definition) is 6. The largest absolute Gasteiger partial charge is 0.450 e. The number of benzene rings is 1. The van der Waals surface area contributed by atoms with Gasteiger partial charge in [-0.2, -0.15) is 0 Å². The first-order valence-corrected chi connectivity index (χ1v) is 6.04. The Bertz CT molecular complexity index is 459. The van der Waals surface area contributed by atoms with E-state index in [0.29, 0.717) is 11.4 Å². The molecule has 0 atom stereocenters. The molecule has 2 amide bonds. The molecule has 0 aliphatic rings. The Morgan fingerprint density at radius 2 is 1.30 bits per heavy atom. The number of nitrogens with one attached hydrogen (secondary N) is 2. The van der Waals surface area contributed by atoms with Crippen molar-refractivity contribution >= 4 is 34.9 Å². The summed E-state index contributed by atoms with van der Waals surface area (Å²) in [4.78, 5) is 22.6. The van der Waals surface area contributed by atoms with Gasteiger partial charge in [0.2, 0.25) is 0 Å². The first-order chi connectivity index (χ1) is 9.47. The lowest BCUT2D eigenvalue weighted by Gasteiger charge is -2.13. The van der Waals surface area contributed by atoms with Gasteiger partial charge in [-0.1, -0.05) is 0 Å². The average Bonchev–Trinajstić information content (AvgIpc) is 2.36. The van der Waals surface area contributed by atoms with Crippen molar-refractivity contribution < 1.29 is 19.1 Å².